The zero-order chi connectivity index (χ0) is 13.3. The lowest BCUT2D eigenvalue weighted by Crippen LogP contribution is -2.34. The average molecular weight is 279 g/mol. The van der Waals surface area contributed by atoms with Crippen molar-refractivity contribution in [1.29, 1.82) is 0 Å². The van der Waals surface area contributed by atoms with E-state index in [0.717, 1.165) is 25.3 Å². The first-order chi connectivity index (χ1) is 9.14. The molecule has 0 spiro atoms. The second-order valence-electron chi connectivity index (χ2n) is 5.04. The zero-order valence-electron chi connectivity index (χ0n) is 10.6. The van der Waals surface area contributed by atoms with Gasteiger partial charge in [-0.1, -0.05) is 24.3 Å². The molecule has 0 saturated carbocycles. The van der Waals surface area contributed by atoms with Gasteiger partial charge >= 0.3 is 0 Å². The molecule has 0 bridgehead atoms. The van der Waals surface area contributed by atoms with Crippen LogP contribution in [0.25, 0.3) is 0 Å². The van der Waals surface area contributed by atoms with Gasteiger partial charge in [-0.15, -0.1) is 0 Å². The van der Waals surface area contributed by atoms with Crippen LogP contribution in [0.2, 0.25) is 0 Å². The highest BCUT2D eigenvalue weighted by molar-refractivity contribution is 7.94. The molecule has 5 heteroatoms. The summed E-state index contributed by atoms with van der Waals surface area (Å²) in [6.07, 6.45) is 2.70. The van der Waals surface area contributed by atoms with E-state index in [9.17, 15) is 8.42 Å². The number of fused-ring (bicyclic) bond motifs is 1. The van der Waals surface area contributed by atoms with Crippen molar-refractivity contribution in [3.8, 4) is 5.75 Å². The Morgan fingerprint density at radius 3 is 2.95 bits per heavy atom. The monoisotopic (exact) mass is 279 g/mol. The predicted molar refractivity (Wildman–Crippen MR) is 74.0 cm³/mol. The van der Waals surface area contributed by atoms with Gasteiger partial charge in [0, 0.05) is 23.9 Å². The summed E-state index contributed by atoms with van der Waals surface area (Å²) in [4.78, 5) is 0. The van der Waals surface area contributed by atoms with Gasteiger partial charge in [-0.2, -0.15) is 0 Å². The number of hydrogen-bond acceptors (Lipinski definition) is 4. The molecule has 2 aliphatic heterocycles. The molecule has 0 saturated heterocycles. The smallest absolute Gasteiger partial charge is 0.173 e. The Morgan fingerprint density at radius 2 is 2.16 bits per heavy atom. The topological polar surface area (TPSA) is 55.4 Å². The molecule has 0 radical (unpaired) electrons. The summed E-state index contributed by atoms with van der Waals surface area (Å²) in [5.74, 6) is 1.52. The third-order valence-corrected chi connectivity index (χ3v) is 5.03. The maximum absolute atomic E-state index is 11.3. The molecule has 1 N–H and O–H groups in total. The van der Waals surface area contributed by atoms with Gasteiger partial charge in [-0.05, 0) is 18.1 Å². The number of nitrogens with one attached hydrogen (secondary N) is 1. The van der Waals surface area contributed by atoms with Gasteiger partial charge < -0.3 is 10.1 Å². The number of sulfone groups is 1. The highest BCUT2D eigenvalue weighted by Crippen LogP contribution is 2.32. The molecule has 0 aromatic heterocycles. The summed E-state index contributed by atoms with van der Waals surface area (Å²) in [6, 6.07) is 8.00. The minimum absolute atomic E-state index is 0.0555. The lowest BCUT2D eigenvalue weighted by Gasteiger charge is -2.26. The van der Waals surface area contributed by atoms with Crippen LogP contribution in [0.5, 0.6) is 5.75 Å². The Morgan fingerprint density at radius 1 is 1.32 bits per heavy atom. The molecule has 1 aromatic rings. The van der Waals surface area contributed by atoms with Gasteiger partial charge in [0.15, 0.2) is 9.84 Å². The van der Waals surface area contributed by atoms with Crippen molar-refractivity contribution >= 4 is 9.84 Å². The maximum atomic E-state index is 11.3. The van der Waals surface area contributed by atoms with E-state index in [0.29, 0.717) is 5.92 Å². The van der Waals surface area contributed by atoms with Crippen molar-refractivity contribution in [3.05, 3.63) is 41.3 Å². The van der Waals surface area contributed by atoms with Gasteiger partial charge in [0.05, 0.1) is 12.4 Å². The van der Waals surface area contributed by atoms with E-state index in [-0.39, 0.29) is 11.8 Å². The van der Waals surface area contributed by atoms with Crippen LogP contribution in [0.1, 0.15) is 17.9 Å². The van der Waals surface area contributed by atoms with E-state index in [1.54, 1.807) is 6.08 Å². The summed E-state index contributed by atoms with van der Waals surface area (Å²) in [6.45, 7) is 1.51. The molecule has 102 valence electrons. The molecule has 2 unspecified atom stereocenters. The van der Waals surface area contributed by atoms with Crippen molar-refractivity contribution < 1.29 is 13.2 Å². The molecular weight excluding hydrogens is 262 g/mol. The largest absolute Gasteiger partial charge is 0.493 e. The summed E-state index contributed by atoms with van der Waals surface area (Å²) in [5.41, 5.74) is 1.21. The summed E-state index contributed by atoms with van der Waals surface area (Å²) in [7, 11) is -2.98. The van der Waals surface area contributed by atoms with Crippen molar-refractivity contribution in [3.63, 3.8) is 0 Å². The van der Waals surface area contributed by atoms with Gasteiger partial charge in [-0.3, -0.25) is 0 Å². The number of ether oxygens (including phenoxy) is 1. The van der Waals surface area contributed by atoms with E-state index >= 15 is 0 Å². The van der Waals surface area contributed by atoms with Crippen molar-refractivity contribution in [2.75, 3.05) is 18.9 Å². The number of para-hydroxylation sites is 1. The zero-order valence-corrected chi connectivity index (χ0v) is 11.4. The molecule has 0 amide bonds. The minimum atomic E-state index is -2.98. The van der Waals surface area contributed by atoms with Gasteiger partial charge in [0.1, 0.15) is 5.75 Å². The quantitative estimate of drug-likeness (QED) is 0.910. The lowest BCUT2D eigenvalue weighted by molar-refractivity contribution is 0.264. The highest BCUT2D eigenvalue weighted by atomic mass is 32.2. The Balaban J connectivity index is 1.65. The molecule has 1 aromatic carbocycles. The van der Waals surface area contributed by atoms with Crippen LogP contribution in [0, 0.1) is 0 Å². The molecule has 3 rings (SSSR count). The van der Waals surface area contributed by atoms with Crippen LogP contribution in [0.4, 0.5) is 0 Å². The van der Waals surface area contributed by atoms with Crippen molar-refractivity contribution in [2.45, 2.75) is 18.4 Å². The Kier molecular flexibility index (Phi) is 3.33. The predicted octanol–water partition coefficient (Wildman–Crippen LogP) is 1.45. The fourth-order valence-electron chi connectivity index (χ4n) is 2.62. The number of benzene rings is 1. The molecule has 4 nitrogen and oxygen atoms in total. The first-order valence-electron chi connectivity index (χ1n) is 6.50. The summed E-state index contributed by atoms with van der Waals surface area (Å²) < 4.78 is 28.3. The van der Waals surface area contributed by atoms with Gasteiger partial charge in [0.2, 0.25) is 0 Å². The summed E-state index contributed by atoms with van der Waals surface area (Å²) in [5, 5.41) is 4.63. The third kappa shape index (κ3) is 2.82. The average Bonchev–Trinajstić information content (AvgIpc) is 2.76. The normalized spacial score (nSPS) is 27.8. The van der Waals surface area contributed by atoms with Crippen LogP contribution < -0.4 is 10.1 Å². The van der Waals surface area contributed by atoms with Gasteiger partial charge in [0.25, 0.3) is 0 Å². The third-order valence-electron chi connectivity index (χ3n) is 3.64. The molecule has 19 heavy (non-hydrogen) atoms. The summed E-state index contributed by atoms with van der Waals surface area (Å²) >= 11 is 0. The van der Waals surface area contributed by atoms with E-state index in [1.165, 1.54) is 11.0 Å². The standard InChI is InChI=1S/C14H17NO3S/c16-19(17)8-6-12(10-19)15-9-11-5-7-18-14-4-2-1-3-13(11)14/h1-4,6,8,11-12,15H,5,7,9-10H2. The van der Waals surface area contributed by atoms with E-state index in [1.807, 2.05) is 18.2 Å². The first-order valence-corrected chi connectivity index (χ1v) is 8.22. The van der Waals surface area contributed by atoms with Crippen molar-refractivity contribution in [2.24, 2.45) is 0 Å². The Bertz CT molecular complexity index is 594. The van der Waals surface area contributed by atoms with E-state index < -0.39 is 9.84 Å². The van der Waals surface area contributed by atoms with Crippen LogP contribution in [0.15, 0.2) is 35.7 Å². The molecule has 2 aliphatic rings. The van der Waals surface area contributed by atoms with E-state index in [2.05, 4.69) is 11.4 Å². The second kappa shape index (κ2) is 4.98. The SMILES string of the molecule is O=S1(=O)C=CC(NCC2CCOc3ccccc32)C1. The Hall–Kier alpha value is -1.33. The Labute approximate surface area is 113 Å². The fourth-order valence-corrected chi connectivity index (χ4v) is 3.89. The lowest BCUT2D eigenvalue weighted by atomic mass is 9.93. The van der Waals surface area contributed by atoms with Crippen LogP contribution in [0.3, 0.4) is 0 Å². The molecular formula is C14H17NO3S. The number of rotatable bonds is 3. The van der Waals surface area contributed by atoms with Crippen LogP contribution in [-0.4, -0.2) is 33.4 Å². The fraction of sp³-hybridized carbons (Fsp3) is 0.429. The van der Waals surface area contributed by atoms with Gasteiger partial charge in [-0.25, -0.2) is 8.42 Å². The van der Waals surface area contributed by atoms with Crippen LogP contribution in [-0.2, 0) is 9.84 Å². The second-order valence-corrected chi connectivity index (χ2v) is 6.98. The molecule has 0 aliphatic carbocycles. The molecule has 2 heterocycles. The van der Waals surface area contributed by atoms with E-state index in [4.69, 9.17) is 4.74 Å². The highest BCUT2D eigenvalue weighted by Gasteiger charge is 2.25. The maximum Gasteiger partial charge on any atom is 0.173 e. The van der Waals surface area contributed by atoms with Crippen LogP contribution >= 0.6 is 0 Å². The number of hydrogen-bond donors (Lipinski definition) is 1. The molecule has 2 atom stereocenters. The van der Waals surface area contributed by atoms with Crippen molar-refractivity contribution in [1.82, 2.24) is 5.32 Å². The first kappa shape index (κ1) is 12.7. The minimum Gasteiger partial charge on any atom is -0.493 e. The molecule has 0 fully saturated rings.